The molecule has 0 aromatic heterocycles. The summed E-state index contributed by atoms with van der Waals surface area (Å²) >= 11 is 0. The summed E-state index contributed by atoms with van der Waals surface area (Å²) in [5.74, 6) is 0.0777. The van der Waals surface area contributed by atoms with Crippen LogP contribution in [0.25, 0.3) is 0 Å². The summed E-state index contributed by atoms with van der Waals surface area (Å²) in [6.07, 6.45) is 3.30. The summed E-state index contributed by atoms with van der Waals surface area (Å²) in [4.78, 5) is 14.9. The molecule has 0 atom stereocenters. The van der Waals surface area contributed by atoms with Gasteiger partial charge in [0, 0.05) is 24.7 Å². The van der Waals surface area contributed by atoms with E-state index in [-0.39, 0.29) is 5.91 Å². The highest BCUT2D eigenvalue weighted by Crippen LogP contribution is 2.28. The fourth-order valence-electron chi connectivity index (χ4n) is 2.28. The van der Waals surface area contributed by atoms with Crippen LogP contribution in [0.5, 0.6) is 0 Å². The zero-order valence-electron chi connectivity index (χ0n) is 13.3. The molecule has 0 spiro atoms. The molecule has 19 heavy (non-hydrogen) atoms. The summed E-state index contributed by atoms with van der Waals surface area (Å²) in [5.41, 5.74) is 5.05. The van der Waals surface area contributed by atoms with Crippen molar-refractivity contribution in [3.05, 3.63) is 0 Å². The Bertz CT molecular complexity index is 299. The van der Waals surface area contributed by atoms with Crippen LogP contribution in [0.4, 0.5) is 0 Å². The molecule has 3 N–H and O–H groups in total. The van der Waals surface area contributed by atoms with E-state index in [0.717, 1.165) is 25.9 Å². The van der Waals surface area contributed by atoms with Crippen molar-refractivity contribution in [3.8, 4) is 0 Å². The average Bonchev–Trinajstić information content (AvgIpc) is 2.30. The summed E-state index contributed by atoms with van der Waals surface area (Å²) < 4.78 is 0. The third kappa shape index (κ3) is 4.18. The highest BCUT2D eigenvalue weighted by atomic mass is 16.2. The summed E-state index contributed by atoms with van der Waals surface area (Å²) in [6.45, 7) is 13.2. The summed E-state index contributed by atoms with van der Waals surface area (Å²) in [6, 6.07) is 0.308. The maximum Gasteiger partial charge on any atom is 0.227 e. The van der Waals surface area contributed by atoms with Gasteiger partial charge in [0.2, 0.25) is 5.91 Å². The Balaban J connectivity index is 2.47. The minimum Gasteiger partial charge on any atom is -0.353 e. The molecule has 1 heterocycles. The highest BCUT2D eigenvalue weighted by molar-refractivity contribution is 5.83. The molecule has 1 fully saturated rings. The number of hydrogen-bond acceptors (Lipinski definition) is 3. The minimum absolute atomic E-state index is 0.0777. The predicted molar refractivity (Wildman–Crippen MR) is 79.9 cm³/mol. The molecule has 0 bridgehead atoms. The molecule has 1 rings (SSSR count). The Morgan fingerprint density at radius 1 is 1.26 bits per heavy atom. The number of piperidine rings is 1. The van der Waals surface area contributed by atoms with Crippen LogP contribution in [0.15, 0.2) is 0 Å². The first-order valence-electron chi connectivity index (χ1n) is 7.50. The molecule has 0 unspecified atom stereocenters. The quantitative estimate of drug-likeness (QED) is 0.799. The first-order chi connectivity index (χ1) is 8.68. The van der Waals surface area contributed by atoms with Gasteiger partial charge in [0.05, 0.1) is 5.41 Å². The number of amides is 1. The van der Waals surface area contributed by atoms with Crippen LogP contribution < -0.4 is 11.1 Å². The number of carbonyl (C=O) groups excluding carboxylic acids is 1. The fourth-order valence-corrected chi connectivity index (χ4v) is 2.28. The van der Waals surface area contributed by atoms with Crippen LogP contribution in [0.3, 0.4) is 0 Å². The number of nitrogens with two attached hydrogens (primary N) is 1. The van der Waals surface area contributed by atoms with E-state index in [9.17, 15) is 4.79 Å². The van der Waals surface area contributed by atoms with Crippen molar-refractivity contribution in [1.29, 1.82) is 0 Å². The van der Waals surface area contributed by atoms with Crippen LogP contribution in [0.1, 0.15) is 53.9 Å². The molecule has 1 aliphatic rings. The topological polar surface area (TPSA) is 58.4 Å². The van der Waals surface area contributed by atoms with Crippen LogP contribution in [0, 0.1) is 5.41 Å². The third-order valence-corrected chi connectivity index (χ3v) is 4.64. The zero-order chi connectivity index (χ0) is 14.7. The molecule has 1 saturated heterocycles. The van der Waals surface area contributed by atoms with Gasteiger partial charge in [0.15, 0.2) is 0 Å². The lowest BCUT2D eigenvalue weighted by molar-refractivity contribution is -0.133. The monoisotopic (exact) mass is 269 g/mol. The molecule has 4 nitrogen and oxygen atoms in total. The van der Waals surface area contributed by atoms with Gasteiger partial charge in [-0.1, -0.05) is 6.92 Å². The third-order valence-electron chi connectivity index (χ3n) is 4.64. The first-order valence-corrected chi connectivity index (χ1v) is 7.50. The Labute approximate surface area is 118 Å². The van der Waals surface area contributed by atoms with Gasteiger partial charge >= 0.3 is 0 Å². The second kappa shape index (κ2) is 6.23. The minimum atomic E-state index is -0.548. The van der Waals surface area contributed by atoms with E-state index in [1.54, 1.807) is 0 Å². The number of rotatable bonds is 5. The van der Waals surface area contributed by atoms with Crippen molar-refractivity contribution in [1.82, 2.24) is 10.2 Å². The van der Waals surface area contributed by atoms with E-state index in [1.807, 2.05) is 27.7 Å². The van der Waals surface area contributed by atoms with Gasteiger partial charge in [0.1, 0.15) is 0 Å². The second-order valence-corrected chi connectivity index (χ2v) is 6.94. The molecule has 0 aromatic carbocycles. The van der Waals surface area contributed by atoms with Gasteiger partial charge in [-0.05, 0) is 53.5 Å². The van der Waals surface area contributed by atoms with Gasteiger partial charge in [-0.3, -0.25) is 4.79 Å². The van der Waals surface area contributed by atoms with E-state index < -0.39 is 11.0 Å². The molecule has 0 saturated carbocycles. The van der Waals surface area contributed by atoms with Crippen molar-refractivity contribution < 1.29 is 4.79 Å². The van der Waals surface area contributed by atoms with Crippen molar-refractivity contribution in [3.63, 3.8) is 0 Å². The van der Waals surface area contributed by atoms with Gasteiger partial charge in [0.25, 0.3) is 0 Å². The second-order valence-electron chi connectivity index (χ2n) is 6.94. The number of nitrogens with one attached hydrogen (secondary N) is 1. The summed E-state index contributed by atoms with van der Waals surface area (Å²) in [5, 5.41) is 3.18. The standard InChI is InChI=1S/C15H31N3O/c1-6-9-18-10-7-12(8-11-18)17-13(19)14(2,3)15(4,5)16/h12H,6-11,16H2,1-5H3,(H,17,19). The van der Waals surface area contributed by atoms with Crippen LogP contribution >= 0.6 is 0 Å². The first kappa shape index (κ1) is 16.4. The molecular formula is C15H31N3O. The van der Waals surface area contributed by atoms with Crippen LogP contribution in [-0.2, 0) is 4.79 Å². The lowest BCUT2D eigenvalue weighted by Gasteiger charge is -2.39. The van der Waals surface area contributed by atoms with Crippen LogP contribution in [-0.4, -0.2) is 42.0 Å². The lowest BCUT2D eigenvalue weighted by atomic mass is 9.74. The van der Waals surface area contributed by atoms with Crippen molar-refractivity contribution in [2.24, 2.45) is 11.1 Å². The smallest absolute Gasteiger partial charge is 0.227 e. The number of carbonyl (C=O) groups is 1. The molecule has 1 aliphatic heterocycles. The largest absolute Gasteiger partial charge is 0.353 e. The molecule has 4 heteroatoms. The summed E-state index contributed by atoms with van der Waals surface area (Å²) in [7, 11) is 0. The van der Waals surface area contributed by atoms with E-state index >= 15 is 0 Å². The van der Waals surface area contributed by atoms with E-state index in [0.29, 0.717) is 6.04 Å². The fraction of sp³-hybridized carbons (Fsp3) is 0.933. The lowest BCUT2D eigenvalue weighted by Crippen LogP contribution is -2.58. The Hall–Kier alpha value is -0.610. The van der Waals surface area contributed by atoms with E-state index in [2.05, 4.69) is 17.1 Å². The van der Waals surface area contributed by atoms with Gasteiger partial charge in [-0.15, -0.1) is 0 Å². The Kier molecular flexibility index (Phi) is 5.39. The Morgan fingerprint density at radius 3 is 2.21 bits per heavy atom. The van der Waals surface area contributed by atoms with E-state index in [1.165, 1.54) is 13.0 Å². The molecule has 0 aromatic rings. The van der Waals surface area contributed by atoms with Gasteiger partial charge in [-0.2, -0.15) is 0 Å². The van der Waals surface area contributed by atoms with Gasteiger partial charge < -0.3 is 16.0 Å². The highest BCUT2D eigenvalue weighted by Gasteiger charge is 2.41. The molecular weight excluding hydrogens is 238 g/mol. The molecule has 0 radical (unpaired) electrons. The van der Waals surface area contributed by atoms with E-state index in [4.69, 9.17) is 5.73 Å². The average molecular weight is 269 g/mol. The predicted octanol–water partition coefficient (Wildman–Crippen LogP) is 1.74. The SMILES string of the molecule is CCCN1CCC(NC(=O)C(C)(C)C(C)(C)N)CC1. The van der Waals surface area contributed by atoms with Crippen LogP contribution in [0.2, 0.25) is 0 Å². The number of likely N-dealkylation sites (tertiary alicyclic amines) is 1. The normalized spacial score (nSPS) is 19.5. The van der Waals surface area contributed by atoms with Crippen molar-refractivity contribution >= 4 is 5.91 Å². The number of hydrogen-bond donors (Lipinski definition) is 2. The Morgan fingerprint density at radius 2 is 1.79 bits per heavy atom. The number of nitrogens with zero attached hydrogens (tertiary/aromatic N) is 1. The van der Waals surface area contributed by atoms with Crippen molar-refractivity contribution in [2.75, 3.05) is 19.6 Å². The van der Waals surface area contributed by atoms with Gasteiger partial charge in [-0.25, -0.2) is 0 Å². The maximum absolute atomic E-state index is 12.4. The van der Waals surface area contributed by atoms with Crippen molar-refractivity contribution in [2.45, 2.75) is 65.5 Å². The molecule has 0 aliphatic carbocycles. The molecule has 1 amide bonds. The molecule has 112 valence electrons. The zero-order valence-corrected chi connectivity index (χ0v) is 13.3. The maximum atomic E-state index is 12.4.